The molecule has 1 aliphatic rings. The Balaban J connectivity index is 2.15. The van der Waals surface area contributed by atoms with E-state index in [0.717, 1.165) is 4.57 Å². The Morgan fingerprint density at radius 3 is 2.82 bits per heavy atom. The number of hydrogen-bond donors (Lipinski definition) is 1. The van der Waals surface area contributed by atoms with Gasteiger partial charge in [-0.05, 0) is 18.1 Å². The third kappa shape index (κ3) is 2.12. The first-order chi connectivity index (χ1) is 10.5. The van der Waals surface area contributed by atoms with Crippen LogP contribution in [0, 0.1) is 5.82 Å². The van der Waals surface area contributed by atoms with E-state index >= 15 is 0 Å². The maximum absolute atomic E-state index is 14.2. The highest BCUT2D eigenvalue weighted by molar-refractivity contribution is 6.00. The van der Waals surface area contributed by atoms with Crippen LogP contribution in [0.2, 0.25) is 0 Å². The molecule has 1 fully saturated rings. The topological polar surface area (TPSA) is 98.4 Å². The van der Waals surface area contributed by atoms with E-state index in [2.05, 4.69) is 5.32 Å². The van der Waals surface area contributed by atoms with Gasteiger partial charge < -0.3 is 9.21 Å². The number of carbonyl (C=O) groups is 3. The highest BCUT2D eigenvalue weighted by Gasteiger charge is 2.32. The smallest absolute Gasteiger partial charge is 0.405 e. The molecule has 0 bridgehead atoms. The van der Waals surface area contributed by atoms with Crippen LogP contribution in [0.25, 0.3) is 11.1 Å². The van der Waals surface area contributed by atoms with E-state index in [0.29, 0.717) is 6.29 Å². The average Bonchev–Trinajstić information content (AvgIpc) is 2.80. The summed E-state index contributed by atoms with van der Waals surface area (Å²) in [4.78, 5) is 45.5. The molecule has 1 aromatic carbocycles. The fourth-order valence-corrected chi connectivity index (χ4v) is 2.58. The van der Waals surface area contributed by atoms with Gasteiger partial charge in [-0.3, -0.25) is 19.5 Å². The molecule has 2 amide bonds. The number of hydrogen-bond acceptors (Lipinski definition) is 5. The Kier molecular flexibility index (Phi) is 3.36. The zero-order chi connectivity index (χ0) is 15.9. The number of rotatable bonds is 3. The molecule has 1 aliphatic heterocycles. The summed E-state index contributed by atoms with van der Waals surface area (Å²) in [7, 11) is 0. The number of halogens is 1. The minimum Gasteiger partial charge on any atom is -0.405 e. The number of nitrogens with zero attached hydrogens (tertiary/aromatic N) is 1. The van der Waals surface area contributed by atoms with E-state index in [1.165, 1.54) is 12.1 Å². The molecular formula is C14H11FN2O5. The summed E-state index contributed by atoms with van der Waals surface area (Å²) >= 11 is 0. The molecule has 2 aromatic rings. The third-order valence-electron chi connectivity index (χ3n) is 3.63. The molecule has 0 radical (unpaired) electrons. The van der Waals surface area contributed by atoms with Crippen LogP contribution in [-0.4, -0.2) is 22.7 Å². The van der Waals surface area contributed by atoms with Crippen molar-refractivity contribution >= 4 is 29.2 Å². The van der Waals surface area contributed by atoms with Crippen LogP contribution in [0.1, 0.15) is 24.4 Å². The molecule has 1 saturated heterocycles. The number of nitrogens with one attached hydrogen (secondary N) is 1. The highest BCUT2D eigenvalue weighted by atomic mass is 19.1. The van der Waals surface area contributed by atoms with Gasteiger partial charge >= 0.3 is 5.76 Å². The Labute approximate surface area is 122 Å². The number of benzene rings is 1. The Morgan fingerprint density at radius 2 is 2.14 bits per heavy atom. The van der Waals surface area contributed by atoms with Gasteiger partial charge in [0.2, 0.25) is 11.8 Å². The lowest BCUT2D eigenvalue weighted by atomic mass is 10.1. The first-order valence-electron chi connectivity index (χ1n) is 6.62. The zero-order valence-electron chi connectivity index (χ0n) is 11.3. The van der Waals surface area contributed by atoms with Crippen LogP contribution in [0.15, 0.2) is 21.3 Å². The van der Waals surface area contributed by atoms with Crippen molar-refractivity contribution in [1.82, 2.24) is 9.88 Å². The van der Waals surface area contributed by atoms with Crippen molar-refractivity contribution in [1.29, 1.82) is 0 Å². The normalized spacial score (nSPS) is 18.5. The van der Waals surface area contributed by atoms with Gasteiger partial charge in [0.05, 0.1) is 5.52 Å². The summed E-state index contributed by atoms with van der Waals surface area (Å²) in [6.45, 7) is 0. The zero-order valence-corrected chi connectivity index (χ0v) is 11.3. The second-order valence-electron chi connectivity index (χ2n) is 4.96. The van der Waals surface area contributed by atoms with Gasteiger partial charge in [-0.25, -0.2) is 9.18 Å². The second-order valence-corrected chi connectivity index (χ2v) is 4.96. The average molecular weight is 306 g/mol. The molecular weight excluding hydrogens is 295 g/mol. The third-order valence-corrected chi connectivity index (χ3v) is 3.63. The molecule has 3 rings (SSSR count). The molecule has 1 N–H and O–H groups in total. The predicted molar refractivity (Wildman–Crippen MR) is 71.6 cm³/mol. The Hall–Kier alpha value is -2.77. The fraction of sp³-hybridized carbons (Fsp3) is 0.286. The maximum atomic E-state index is 14.2. The fourth-order valence-electron chi connectivity index (χ4n) is 2.58. The summed E-state index contributed by atoms with van der Waals surface area (Å²) in [6.07, 6.45) is 0.618. The van der Waals surface area contributed by atoms with Crippen molar-refractivity contribution in [2.24, 2.45) is 0 Å². The van der Waals surface area contributed by atoms with Crippen LogP contribution in [0.4, 0.5) is 4.39 Å². The number of amides is 2. The summed E-state index contributed by atoms with van der Waals surface area (Å²) in [5, 5.41) is 2.14. The van der Waals surface area contributed by atoms with E-state index < -0.39 is 29.4 Å². The maximum Gasteiger partial charge on any atom is 0.420 e. The number of fused-ring (bicyclic) bond motifs is 1. The Morgan fingerprint density at radius 1 is 1.36 bits per heavy atom. The number of aromatic nitrogens is 1. The minimum atomic E-state index is -0.928. The molecule has 1 unspecified atom stereocenters. The van der Waals surface area contributed by atoms with Gasteiger partial charge in [0.25, 0.3) is 0 Å². The van der Waals surface area contributed by atoms with Gasteiger partial charge in [-0.2, -0.15) is 0 Å². The molecule has 1 atom stereocenters. The second kappa shape index (κ2) is 5.21. The van der Waals surface area contributed by atoms with Gasteiger partial charge in [0.15, 0.2) is 11.4 Å². The van der Waals surface area contributed by atoms with E-state index in [-0.39, 0.29) is 35.9 Å². The number of piperidine rings is 1. The number of aldehydes is 1. The lowest BCUT2D eigenvalue weighted by Gasteiger charge is -2.21. The monoisotopic (exact) mass is 306 g/mol. The van der Waals surface area contributed by atoms with Crippen molar-refractivity contribution in [3.05, 3.63) is 34.1 Å². The van der Waals surface area contributed by atoms with E-state index in [1.54, 1.807) is 0 Å². The van der Waals surface area contributed by atoms with E-state index in [1.807, 2.05) is 0 Å². The van der Waals surface area contributed by atoms with Crippen LogP contribution < -0.4 is 11.1 Å². The number of carbonyl (C=O) groups excluding carboxylic acids is 3. The van der Waals surface area contributed by atoms with Gasteiger partial charge in [0.1, 0.15) is 12.3 Å². The Bertz CT molecular complexity index is 851. The lowest BCUT2D eigenvalue weighted by Crippen LogP contribution is -2.43. The van der Waals surface area contributed by atoms with Crippen molar-refractivity contribution in [2.75, 3.05) is 0 Å². The first kappa shape index (κ1) is 14.2. The molecule has 0 saturated carbocycles. The summed E-state index contributed by atoms with van der Waals surface area (Å²) in [5.41, 5.74) is -0.0765. The quantitative estimate of drug-likeness (QED) is 0.656. The summed E-state index contributed by atoms with van der Waals surface area (Å²) in [6, 6.07) is 1.86. The van der Waals surface area contributed by atoms with E-state index in [9.17, 15) is 23.6 Å². The standard InChI is InChI=1S/C14H11FN2O5/c15-11-7(5-6-18)1-2-8-12(11)22-14(21)17(8)9-3-4-10(19)16-13(9)20/h1-2,6,9H,3-5H2,(H,16,19,20). The van der Waals surface area contributed by atoms with Crippen LogP contribution >= 0.6 is 0 Å². The minimum absolute atomic E-state index is 0.0846. The molecule has 7 nitrogen and oxygen atoms in total. The molecule has 1 aromatic heterocycles. The van der Waals surface area contributed by atoms with Gasteiger partial charge in [0, 0.05) is 12.8 Å². The summed E-state index contributed by atoms with van der Waals surface area (Å²) in [5.74, 6) is -2.72. The number of oxazole rings is 1. The van der Waals surface area contributed by atoms with Crippen molar-refractivity contribution in [3.8, 4) is 0 Å². The van der Waals surface area contributed by atoms with Gasteiger partial charge in [-0.1, -0.05) is 6.07 Å². The van der Waals surface area contributed by atoms with Crippen molar-refractivity contribution in [3.63, 3.8) is 0 Å². The largest absolute Gasteiger partial charge is 0.420 e. The van der Waals surface area contributed by atoms with E-state index in [4.69, 9.17) is 4.42 Å². The van der Waals surface area contributed by atoms with Crippen molar-refractivity contribution in [2.45, 2.75) is 25.3 Å². The SMILES string of the molecule is O=CCc1ccc2c(oc(=O)n2C2CCC(=O)NC2=O)c1F. The molecule has 2 heterocycles. The lowest BCUT2D eigenvalue weighted by molar-refractivity contribution is -0.135. The van der Waals surface area contributed by atoms with Crippen LogP contribution in [0.3, 0.4) is 0 Å². The predicted octanol–water partition coefficient (Wildman–Crippen LogP) is 0.453. The van der Waals surface area contributed by atoms with Crippen LogP contribution in [0.5, 0.6) is 0 Å². The van der Waals surface area contributed by atoms with Crippen LogP contribution in [-0.2, 0) is 20.8 Å². The molecule has 114 valence electrons. The summed E-state index contributed by atoms with van der Waals surface area (Å²) < 4.78 is 20.1. The molecule has 0 aliphatic carbocycles. The first-order valence-corrected chi connectivity index (χ1v) is 6.62. The molecule has 22 heavy (non-hydrogen) atoms. The highest BCUT2D eigenvalue weighted by Crippen LogP contribution is 2.26. The molecule has 0 spiro atoms. The van der Waals surface area contributed by atoms with Crippen molar-refractivity contribution < 1.29 is 23.2 Å². The molecule has 8 heteroatoms. The van der Waals surface area contributed by atoms with Gasteiger partial charge in [-0.15, -0.1) is 0 Å². The number of imide groups is 1.